The molecule has 6 heteroatoms. The molecule has 0 N–H and O–H groups in total. The highest BCUT2D eigenvalue weighted by Gasteiger charge is 2.21. The van der Waals surface area contributed by atoms with Gasteiger partial charge < -0.3 is 14.5 Å². The Kier molecular flexibility index (Phi) is 6.49. The Morgan fingerprint density at radius 3 is 2.41 bits per heavy atom. The van der Waals surface area contributed by atoms with E-state index >= 15 is 0 Å². The quantitative estimate of drug-likeness (QED) is 0.792. The van der Waals surface area contributed by atoms with Crippen molar-refractivity contribution < 1.29 is 9.53 Å². The zero-order valence-corrected chi connectivity index (χ0v) is 14.1. The fraction of sp³-hybridized carbons (Fsp3) is 0.562. The molecule has 0 bridgehead atoms. The molecule has 0 saturated carbocycles. The Labute approximate surface area is 137 Å². The molecule has 0 unspecified atom stereocenters. The van der Waals surface area contributed by atoms with Gasteiger partial charge in [-0.05, 0) is 38.4 Å². The first kappa shape index (κ1) is 17.1. The molecule has 0 atom stereocenters. The summed E-state index contributed by atoms with van der Waals surface area (Å²) in [6, 6.07) is 7.05. The predicted molar refractivity (Wildman–Crippen MR) is 88.5 cm³/mol. The van der Waals surface area contributed by atoms with E-state index in [1.807, 2.05) is 4.90 Å². The molecule has 1 amide bonds. The normalized spacial score (nSPS) is 16.1. The van der Waals surface area contributed by atoms with E-state index in [4.69, 9.17) is 16.3 Å². The van der Waals surface area contributed by atoms with Gasteiger partial charge in [-0.1, -0.05) is 11.6 Å². The average Bonchev–Trinajstić information content (AvgIpc) is 2.52. The van der Waals surface area contributed by atoms with Crippen molar-refractivity contribution in [1.29, 1.82) is 0 Å². The summed E-state index contributed by atoms with van der Waals surface area (Å²) in [5.41, 5.74) is 0. The molecule has 0 aliphatic carbocycles. The van der Waals surface area contributed by atoms with E-state index in [0.29, 0.717) is 10.8 Å². The average molecular weight is 326 g/mol. The van der Waals surface area contributed by atoms with Crippen molar-refractivity contribution in [3.63, 3.8) is 0 Å². The van der Waals surface area contributed by atoms with Gasteiger partial charge >= 0.3 is 0 Å². The first-order valence-corrected chi connectivity index (χ1v) is 7.95. The summed E-state index contributed by atoms with van der Waals surface area (Å²) >= 11 is 5.82. The third-order valence-electron chi connectivity index (χ3n) is 3.76. The molecule has 1 saturated heterocycles. The van der Waals surface area contributed by atoms with E-state index in [2.05, 4.69) is 23.9 Å². The minimum atomic E-state index is 0.0437. The number of likely N-dealkylation sites (N-methyl/N-ethyl adjacent to an activating group) is 1. The number of carbonyl (C=O) groups excluding carboxylic acids is 1. The summed E-state index contributed by atoms with van der Waals surface area (Å²) in [7, 11) is 4.15. The zero-order chi connectivity index (χ0) is 15.9. The lowest BCUT2D eigenvalue weighted by Crippen LogP contribution is -2.51. The lowest BCUT2D eigenvalue weighted by molar-refractivity contribution is -0.135. The molecular weight excluding hydrogens is 302 g/mol. The van der Waals surface area contributed by atoms with Crippen LogP contribution < -0.4 is 4.74 Å². The number of benzene rings is 1. The van der Waals surface area contributed by atoms with Gasteiger partial charge in [-0.25, -0.2) is 0 Å². The van der Waals surface area contributed by atoms with Gasteiger partial charge in [-0.3, -0.25) is 9.69 Å². The summed E-state index contributed by atoms with van der Waals surface area (Å²) in [6.07, 6.45) is 0. The van der Waals surface area contributed by atoms with Crippen LogP contribution in [0.15, 0.2) is 24.3 Å². The number of halogens is 1. The monoisotopic (exact) mass is 325 g/mol. The molecule has 122 valence electrons. The van der Waals surface area contributed by atoms with Crippen molar-refractivity contribution in [3.05, 3.63) is 29.3 Å². The summed E-state index contributed by atoms with van der Waals surface area (Å²) in [5.74, 6) is 0.713. The number of carbonyl (C=O) groups is 1. The van der Waals surface area contributed by atoms with Crippen LogP contribution in [0.25, 0.3) is 0 Å². The van der Waals surface area contributed by atoms with Gasteiger partial charge in [0, 0.05) is 44.3 Å². The van der Waals surface area contributed by atoms with E-state index in [1.165, 1.54) is 0 Å². The Morgan fingerprint density at radius 1 is 1.18 bits per heavy atom. The van der Waals surface area contributed by atoms with Gasteiger partial charge in [0.25, 0.3) is 5.91 Å². The van der Waals surface area contributed by atoms with Gasteiger partial charge in [-0.2, -0.15) is 0 Å². The minimum absolute atomic E-state index is 0.0437. The Morgan fingerprint density at radius 2 is 1.82 bits per heavy atom. The van der Waals surface area contributed by atoms with E-state index in [0.717, 1.165) is 39.3 Å². The van der Waals surface area contributed by atoms with Crippen molar-refractivity contribution in [3.8, 4) is 5.75 Å². The highest BCUT2D eigenvalue weighted by molar-refractivity contribution is 6.30. The molecule has 0 aromatic heterocycles. The SMILES string of the molecule is CN(C)CCN1CCN(C(=O)COc2ccc(Cl)cc2)CC1. The smallest absolute Gasteiger partial charge is 0.260 e. The molecule has 5 nitrogen and oxygen atoms in total. The lowest BCUT2D eigenvalue weighted by Gasteiger charge is -2.35. The maximum Gasteiger partial charge on any atom is 0.260 e. The van der Waals surface area contributed by atoms with Crippen molar-refractivity contribution in [1.82, 2.24) is 14.7 Å². The highest BCUT2D eigenvalue weighted by atomic mass is 35.5. The van der Waals surface area contributed by atoms with Crippen LogP contribution in [0.4, 0.5) is 0 Å². The van der Waals surface area contributed by atoms with Crippen LogP contribution in [0.5, 0.6) is 5.75 Å². The molecule has 1 aromatic carbocycles. The standard InChI is InChI=1S/C16H24ClN3O2/c1-18(2)7-8-19-9-11-20(12-10-19)16(21)13-22-15-5-3-14(17)4-6-15/h3-6H,7-13H2,1-2H3. The van der Waals surface area contributed by atoms with Crippen LogP contribution in [0.3, 0.4) is 0 Å². The molecule has 1 aromatic rings. The number of ether oxygens (including phenoxy) is 1. The third kappa shape index (κ3) is 5.48. The first-order chi connectivity index (χ1) is 10.5. The van der Waals surface area contributed by atoms with E-state index in [1.54, 1.807) is 24.3 Å². The summed E-state index contributed by atoms with van der Waals surface area (Å²) < 4.78 is 5.51. The predicted octanol–water partition coefficient (Wildman–Crippen LogP) is 1.42. The minimum Gasteiger partial charge on any atom is -0.484 e. The number of hydrogen-bond acceptors (Lipinski definition) is 4. The summed E-state index contributed by atoms with van der Waals surface area (Å²) in [6.45, 7) is 5.59. The number of piperazine rings is 1. The fourth-order valence-electron chi connectivity index (χ4n) is 2.33. The summed E-state index contributed by atoms with van der Waals surface area (Å²) in [5, 5.41) is 0.660. The zero-order valence-electron chi connectivity index (χ0n) is 13.3. The van der Waals surface area contributed by atoms with Crippen molar-refractivity contribution >= 4 is 17.5 Å². The van der Waals surface area contributed by atoms with Gasteiger partial charge in [-0.15, -0.1) is 0 Å². The maximum absolute atomic E-state index is 12.2. The Balaban J connectivity index is 1.69. The van der Waals surface area contributed by atoms with Crippen LogP contribution in [-0.4, -0.2) is 80.6 Å². The molecule has 1 heterocycles. The molecule has 22 heavy (non-hydrogen) atoms. The number of amides is 1. The second-order valence-electron chi connectivity index (χ2n) is 5.77. The molecular formula is C16H24ClN3O2. The van der Waals surface area contributed by atoms with Gasteiger partial charge in [0.05, 0.1) is 0 Å². The number of hydrogen-bond donors (Lipinski definition) is 0. The van der Waals surface area contributed by atoms with Crippen LogP contribution in [0.1, 0.15) is 0 Å². The van der Waals surface area contributed by atoms with E-state index < -0.39 is 0 Å². The van der Waals surface area contributed by atoms with Gasteiger partial charge in [0.2, 0.25) is 0 Å². The molecule has 0 spiro atoms. The number of rotatable bonds is 6. The highest BCUT2D eigenvalue weighted by Crippen LogP contribution is 2.15. The molecule has 1 aliphatic heterocycles. The third-order valence-corrected chi connectivity index (χ3v) is 4.02. The van der Waals surface area contributed by atoms with Crippen LogP contribution in [0, 0.1) is 0 Å². The lowest BCUT2D eigenvalue weighted by atomic mass is 10.3. The first-order valence-electron chi connectivity index (χ1n) is 7.58. The van der Waals surface area contributed by atoms with Crippen molar-refractivity contribution in [2.24, 2.45) is 0 Å². The largest absolute Gasteiger partial charge is 0.484 e. The second-order valence-corrected chi connectivity index (χ2v) is 6.20. The van der Waals surface area contributed by atoms with Gasteiger partial charge in [0.1, 0.15) is 5.75 Å². The second kappa shape index (κ2) is 8.36. The van der Waals surface area contributed by atoms with E-state index in [9.17, 15) is 4.79 Å². The molecule has 1 aliphatic rings. The molecule has 0 radical (unpaired) electrons. The van der Waals surface area contributed by atoms with Crippen molar-refractivity contribution in [2.45, 2.75) is 0 Å². The fourth-order valence-corrected chi connectivity index (χ4v) is 2.46. The van der Waals surface area contributed by atoms with Crippen molar-refractivity contribution in [2.75, 3.05) is 60.0 Å². The molecule has 2 rings (SSSR count). The van der Waals surface area contributed by atoms with E-state index in [-0.39, 0.29) is 12.5 Å². The number of nitrogens with zero attached hydrogens (tertiary/aromatic N) is 3. The van der Waals surface area contributed by atoms with Gasteiger partial charge in [0.15, 0.2) is 6.61 Å². The summed E-state index contributed by atoms with van der Waals surface area (Å²) in [4.78, 5) is 18.6. The topological polar surface area (TPSA) is 36.0 Å². The van der Waals surface area contributed by atoms with Crippen LogP contribution >= 0.6 is 11.6 Å². The Bertz CT molecular complexity index is 471. The maximum atomic E-state index is 12.2. The Hall–Kier alpha value is -1.30. The molecule has 1 fully saturated rings. The van der Waals surface area contributed by atoms with Crippen LogP contribution in [-0.2, 0) is 4.79 Å². The van der Waals surface area contributed by atoms with Crippen LogP contribution in [0.2, 0.25) is 5.02 Å².